The summed E-state index contributed by atoms with van der Waals surface area (Å²) in [7, 11) is 0. The van der Waals surface area contributed by atoms with Crippen LogP contribution in [0.2, 0.25) is 0 Å². The van der Waals surface area contributed by atoms with E-state index in [0.29, 0.717) is 5.92 Å². The fourth-order valence-corrected chi connectivity index (χ4v) is 4.13. The maximum Gasteiger partial charge on any atom is 0.123 e. The van der Waals surface area contributed by atoms with Gasteiger partial charge < -0.3 is 4.90 Å². The molecule has 0 spiro atoms. The molecule has 2 nitrogen and oxygen atoms in total. The normalized spacial score (nSPS) is 17.3. The fourth-order valence-electron chi connectivity index (χ4n) is 3.13. The van der Waals surface area contributed by atoms with Crippen LogP contribution in [0.15, 0.2) is 29.6 Å². The highest BCUT2D eigenvalue weighted by Crippen LogP contribution is 2.33. The maximum absolute atomic E-state index is 13.3. The van der Waals surface area contributed by atoms with E-state index in [9.17, 15) is 4.39 Å². The van der Waals surface area contributed by atoms with Crippen LogP contribution in [-0.4, -0.2) is 29.5 Å². The van der Waals surface area contributed by atoms with E-state index in [0.717, 1.165) is 30.3 Å². The first-order valence-corrected chi connectivity index (χ1v) is 8.93. The lowest BCUT2D eigenvalue weighted by Gasteiger charge is -2.32. The summed E-state index contributed by atoms with van der Waals surface area (Å²) in [5, 5.41) is 3.27. The molecule has 1 fully saturated rings. The van der Waals surface area contributed by atoms with Gasteiger partial charge in [-0.15, -0.1) is 11.3 Å². The lowest BCUT2D eigenvalue weighted by Crippen LogP contribution is -2.35. The third-order valence-corrected chi connectivity index (χ3v) is 5.21. The highest BCUT2D eigenvalue weighted by molar-refractivity contribution is 7.10. The molecule has 1 aromatic heterocycles. The number of hydrogen-bond acceptors (Lipinski definition) is 3. The van der Waals surface area contributed by atoms with Gasteiger partial charge in [-0.05, 0) is 44.0 Å². The highest BCUT2D eigenvalue weighted by atomic mass is 32.1. The summed E-state index contributed by atoms with van der Waals surface area (Å²) in [4.78, 5) is 7.32. The number of hydrogen-bond donors (Lipinski definition) is 0. The average molecular weight is 318 g/mol. The van der Waals surface area contributed by atoms with Gasteiger partial charge in [-0.3, -0.25) is 0 Å². The Hall–Kier alpha value is -1.26. The van der Waals surface area contributed by atoms with Gasteiger partial charge in [0.2, 0.25) is 0 Å². The zero-order valence-corrected chi connectivity index (χ0v) is 14.1. The Morgan fingerprint density at radius 3 is 2.77 bits per heavy atom. The molecule has 1 saturated heterocycles. The molecular weight excluding hydrogens is 295 g/mol. The largest absolute Gasteiger partial charge is 0.303 e. The summed E-state index contributed by atoms with van der Waals surface area (Å²) in [6.45, 7) is 8.07. The molecule has 1 aliphatic heterocycles. The molecular formula is C18H23FN2S. The molecule has 22 heavy (non-hydrogen) atoms. The summed E-state index contributed by atoms with van der Waals surface area (Å²) >= 11 is 1.72. The molecule has 0 bridgehead atoms. The molecule has 0 amide bonds. The zero-order valence-electron chi connectivity index (χ0n) is 13.3. The molecule has 2 aromatic rings. The second-order valence-electron chi connectivity index (χ2n) is 6.55. The number of halogens is 1. The predicted octanol–water partition coefficient (Wildman–Crippen LogP) is 4.78. The third-order valence-electron chi connectivity index (χ3n) is 4.20. The van der Waals surface area contributed by atoms with E-state index < -0.39 is 0 Å². The SMILES string of the molecule is CC(C)CN1CCC(c2nc(-c3cccc(F)c3)cs2)CC1. The van der Waals surface area contributed by atoms with E-state index >= 15 is 0 Å². The van der Waals surface area contributed by atoms with Crippen molar-refractivity contribution in [2.75, 3.05) is 19.6 Å². The van der Waals surface area contributed by atoms with Gasteiger partial charge in [0.15, 0.2) is 0 Å². The van der Waals surface area contributed by atoms with Gasteiger partial charge in [-0.2, -0.15) is 0 Å². The van der Waals surface area contributed by atoms with Gasteiger partial charge in [0.05, 0.1) is 10.7 Å². The van der Waals surface area contributed by atoms with Crippen molar-refractivity contribution in [3.05, 3.63) is 40.5 Å². The number of aromatic nitrogens is 1. The summed E-state index contributed by atoms with van der Waals surface area (Å²) < 4.78 is 13.3. The number of piperidine rings is 1. The van der Waals surface area contributed by atoms with Crippen molar-refractivity contribution in [1.29, 1.82) is 0 Å². The van der Waals surface area contributed by atoms with Crippen LogP contribution in [0.25, 0.3) is 11.3 Å². The first-order chi connectivity index (χ1) is 10.6. The molecule has 1 aliphatic rings. The van der Waals surface area contributed by atoms with Gasteiger partial charge in [0.25, 0.3) is 0 Å². The van der Waals surface area contributed by atoms with Crippen LogP contribution >= 0.6 is 11.3 Å². The van der Waals surface area contributed by atoms with Crippen molar-refractivity contribution in [2.45, 2.75) is 32.6 Å². The minimum absolute atomic E-state index is 0.200. The molecule has 0 N–H and O–H groups in total. The number of nitrogens with zero attached hydrogens (tertiary/aromatic N) is 2. The van der Waals surface area contributed by atoms with Gasteiger partial charge in [0, 0.05) is 23.4 Å². The van der Waals surface area contributed by atoms with Gasteiger partial charge in [-0.1, -0.05) is 26.0 Å². The average Bonchev–Trinajstić information content (AvgIpc) is 2.97. The topological polar surface area (TPSA) is 16.1 Å². The summed E-state index contributed by atoms with van der Waals surface area (Å²) in [6.07, 6.45) is 2.37. The van der Waals surface area contributed by atoms with Crippen LogP contribution in [0.3, 0.4) is 0 Å². The minimum atomic E-state index is -0.200. The lowest BCUT2D eigenvalue weighted by molar-refractivity contribution is 0.192. The zero-order chi connectivity index (χ0) is 15.5. The van der Waals surface area contributed by atoms with E-state index in [1.807, 2.05) is 6.07 Å². The Morgan fingerprint density at radius 1 is 1.32 bits per heavy atom. The van der Waals surface area contributed by atoms with Crippen molar-refractivity contribution >= 4 is 11.3 Å². The predicted molar refractivity (Wildman–Crippen MR) is 90.8 cm³/mol. The summed E-state index contributed by atoms with van der Waals surface area (Å²) in [5.74, 6) is 1.10. The van der Waals surface area contributed by atoms with E-state index in [-0.39, 0.29) is 5.82 Å². The molecule has 4 heteroatoms. The van der Waals surface area contributed by atoms with Crippen molar-refractivity contribution in [1.82, 2.24) is 9.88 Å². The van der Waals surface area contributed by atoms with Crippen LogP contribution in [0, 0.1) is 11.7 Å². The van der Waals surface area contributed by atoms with Gasteiger partial charge in [0.1, 0.15) is 5.82 Å². The Kier molecular flexibility index (Phi) is 4.89. The first-order valence-electron chi connectivity index (χ1n) is 8.05. The molecule has 3 rings (SSSR count). The third kappa shape index (κ3) is 3.73. The van der Waals surface area contributed by atoms with Gasteiger partial charge in [-0.25, -0.2) is 9.37 Å². The Labute approximate surface area is 136 Å². The molecule has 0 saturated carbocycles. The van der Waals surface area contributed by atoms with E-state index in [4.69, 9.17) is 4.98 Å². The van der Waals surface area contributed by atoms with Crippen molar-refractivity contribution in [3.63, 3.8) is 0 Å². The Bertz CT molecular complexity index is 615. The standard InChI is InChI=1S/C18H23FN2S/c1-13(2)11-21-8-6-14(7-9-21)18-20-17(12-22-18)15-4-3-5-16(19)10-15/h3-5,10,12-14H,6-9,11H2,1-2H3. The monoisotopic (exact) mass is 318 g/mol. The second kappa shape index (κ2) is 6.88. The van der Waals surface area contributed by atoms with Crippen LogP contribution in [0.4, 0.5) is 4.39 Å². The Morgan fingerprint density at radius 2 is 2.09 bits per heavy atom. The van der Waals surface area contributed by atoms with Crippen LogP contribution in [-0.2, 0) is 0 Å². The van der Waals surface area contributed by atoms with E-state index in [1.165, 1.54) is 30.5 Å². The molecule has 0 unspecified atom stereocenters. The molecule has 2 heterocycles. The molecule has 0 radical (unpaired) electrons. The summed E-state index contributed by atoms with van der Waals surface area (Å²) in [6, 6.07) is 6.70. The quantitative estimate of drug-likeness (QED) is 0.806. The van der Waals surface area contributed by atoms with Crippen LogP contribution in [0.1, 0.15) is 37.6 Å². The molecule has 118 valence electrons. The molecule has 1 aromatic carbocycles. The second-order valence-corrected chi connectivity index (χ2v) is 7.44. The smallest absolute Gasteiger partial charge is 0.123 e. The van der Waals surface area contributed by atoms with Crippen molar-refractivity contribution in [2.24, 2.45) is 5.92 Å². The minimum Gasteiger partial charge on any atom is -0.303 e. The lowest BCUT2D eigenvalue weighted by atomic mass is 9.97. The Balaban J connectivity index is 1.65. The van der Waals surface area contributed by atoms with Gasteiger partial charge >= 0.3 is 0 Å². The van der Waals surface area contributed by atoms with Crippen LogP contribution in [0.5, 0.6) is 0 Å². The first kappa shape index (κ1) is 15.6. The van der Waals surface area contributed by atoms with E-state index in [2.05, 4.69) is 24.1 Å². The fraction of sp³-hybridized carbons (Fsp3) is 0.500. The van der Waals surface area contributed by atoms with Crippen molar-refractivity contribution < 1.29 is 4.39 Å². The highest BCUT2D eigenvalue weighted by Gasteiger charge is 2.23. The van der Waals surface area contributed by atoms with Crippen molar-refractivity contribution in [3.8, 4) is 11.3 Å². The number of benzene rings is 1. The number of likely N-dealkylation sites (tertiary alicyclic amines) is 1. The molecule has 0 atom stereocenters. The summed E-state index contributed by atoms with van der Waals surface area (Å²) in [5.41, 5.74) is 1.78. The maximum atomic E-state index is 13.3. The van der Waals surface area contributed by atoms with E-state index in [1.54, 1.807) is 23.5 Å². The molecule has 0 aliphatic carbocycles. The van der Waals surface area contributed by atoms with Crippen LogP contribution < -0.4 is 0 Å². The number of rotatable bonds is 4. The number of thiazole rings is 1.